The minimum atomic E-state index is 0.119. The van der Waals surface area contributed by atoms with Crippen molar-refractivity contribution >= 4 is 0 Å². The molecule has 2 aliphatic rings. The predicted octanol–water partition coefficient (Wildman–Crippen LogP) is 2.46. The molecule has 0 aromatic heterocycles. The Kier molecular flexibility index (Phi) is 2.85. The summed E-state index contributed by atoms with van der Waals surface area (Å²) in [5.41, 5.74) is 6.19. The van der Waals surface area contributed by atoms with Gasteiger partial charge in [0.2, 0.25) is 0 Å². The average molecular weight is 197 g/mol. The summed E-state index contributed by atoms with van der Waals surface area (Å²) in [5.74, 6) is 0.837. The van der Waals surface area contributed by atoms with E-state index in [0.29, 0.717) is 12.1 Å². The maximum atomic E-state index is 6.07. The Hall–Kier alpha value is -0.0800. The molecular weight excluding hydrogens is 174 g/mol. The predicted molar refractivity (Wildman–Crippen MR) is 58.1 cm³/mol. The summed E-state index contributed by atoms with van der Waals surface area (Å²) in [6.45, 7) is 4.38. The SMILES string of the molecule is CC1(C)CCC(CCC(N)C2CC2)O1. The summed E-state index contributed by atoms with van der Waals surface area (Å²) in [4.78, 5) is 0. The second kappa shape index (κ2) is 3.82. The van der Waals surface area contributed by atoms with E-state index in [4.69, 9.17) is 10.5 Å². The third kappa shape index (κ3) is 2.71. The summed E-state index contributed by atoms with van der Waals surface area (Å²) in [6, 6.07) is 0.447. The van der Waals surface area contributed by atoms with Gasteiger partial charge >= 0.3 is 0 Å². The molecule has 1 aliphatic heterocycles. The largest absolute Gasteiger partial charge is 0.372 e. The number of ether oxygens (including phenoxy) is 1. The molecule has 2 N–H and O–H groups in total. The fraction of sp³-hybridized carbons (Fsp3) is 1.00. The molecular formula is C12H23NO. The van der Waals surface area contributed by atoms with Crippen LogP contribution in [-0.4, -0.2) is 17.7 Å². The lowest BCUT2D eigenvalue weighted by molar-refractivity contribution is -0.0196. The zero-order chi connectivity index (χ0) is 10.2. The van der Waals surface area contributed by atoms with Gasteiger partial charge in [-0.15, -0.1) is 0 Å². The number of rotatable bonds is 4. The Bertz CT molecular complexity index is 198. The zero-order valence-corrected chi connectivity index (χ0v) is 9.46. The van der Waals surface area contributed by atoms with Gasteiger partial charge in [-0.2, -0.15) is 0 Å². The zero-order valence-electron chi connectivity index (χ0n) is 9.46. The van der Waals surface area contributed by atoms with E-state index in [9.17, 15) is 0 Å². The lowest BCUT2D eigenvalue weighted by Crippen LogP contribution is -2.25. The highest BCUT2D eigenvalue weighted by molar-refractivity contribution is 4.86. The van der Waals surface area contributed by atoms with E-state index in [1.807, 2.05) is 0 Å². The molecule has 14 heavy (non-hydrogen) atoms. The molecule has 2 fully saturated rings. The highest BCUT2D eigenvalue weighted by atomic mass is 16.5. The first kappa shape index (κ1) is 10.4. The molecule has 0 radical (unpaired) electrons. The van der Waals surface area contributed by atoms with Crippen molar-refractivity contribution in [2.75, 3.05) is 0 Å². The lowest BCUT2D eigenvalue weighted by atomic mass is 10.0. The Balaban J connectivity index is 1.66. The molecule has 0 aromatic carbocycles. The molecule has 1 heterocycles. The fourth-order valence-electron chi connectivity index (χ4n) is 2.42. The topological polar surface area (TPSA) is 35.2 Å². The van der Waals surface area contributed by atoms with Crippen LogP contribution in [-0.2, 0) is 4.74 Å². The van der Waals surface area contributed by atoms with Crippen molar-refractivity contribution in [3.05, 3.63) is 0 Å². The van der Waals surface area contributed by atoms with Crippen LogP contribution in [0.5, 0.6) is 0 Å². The van der Waals surface area contributed by atoms with E-state index in [0.717, 1.165) is 12.3 Å². The molecule has 1 saturated heterocycles. The first-order valence-corrected chi connectivity index (χ1v) is 6.00. The Morgan fingerprint density at radius 3 is 2.57 bits per heavy atom. The molecule has 2 rings (SSSR count). The molecule has 2 nitrogen and oxygen atoms in total. The quantitative estimate of drug-likeness (QED) is 0.751. The normalized spacial score (nSPS) is 33.2. The lowest BCUT2D eigenvalue weighted by Gasteiger charge is -2.20. The van der Waals surface area contributed by atoms with Crippen LogP contribution < -0.4 is 5.73 Å². The second-order valence-electron chi connectivity index (χ2n) is 5.62. The monoisotopic (exact) mass is 197 g/mol. The van der Waals surface area contributed by atoms with Crippen molar-refractivity contribution in [3.63, 3.8) is 0 Å². The Labute approximate surface area is 87.2 Å². The Morgan fingerprint density at radius 2 is 2.07 bits per heavy atom. The van der Waals surface area contributed by atoms with Gasteiger partial charge < -0.3 is 10.5 Å². The molecule has 0 amide bonds. The second-order valence-corrected chi connectivity index (χ2v) is 5.62. The minimum absolute atomic E-state index is 0.119. The molecule has 2 unspecified atom stereocenters. The fourth-order valence-corrected chi connectivity index (χ4v) is 2.42. The van der Waals surface area contributed by atoms with Gasteiger partial charge in [0, 0.05) is 6.04 Å². The standard InChI is InChI=1S/C12H23NO/c1-12(2)8-7-10(14-12)5-6-11(13)9-3-4-9/h9-11H,3-8,13H2,1-2H3. The van der Waals surface area contributed by atoms with Crippen LogP contribution in [0.3, 0.4) is 0 Å². The number of hydrogen-bond donors (Lipinski definition) is 1. The first-order chi connectivity index (χ1) is 6.57. The maximum absolute atomic E-state index is 6.07. The first-order valence-electron chi connectivity index (χ1n) is 6.00. The van der Waals surface area contributed by atoms with Crippen molar-refractivity contribution in [2.45, 2.75) is 70.1 Å². The highest BCUT2D eigenvalue weighted by Gasteiger charge is 2.33. The van der Waals surface area contributed by atoms with Crippen molar-refractivity contribution < 1.29 is 4.74 Å². The third-order valence-corrected chi connectivity index (χ3v) is 3.60. The Morgan fingerprint density at radius 1 is 1.36 bits per heavy atom. The van der Waals surface area contributed by atoms with E-state index in [-0.39, 0.29) is 5.60 Å². The molecule has 2 atom stereocenters. The number of hydrogen-bond acceptors (Lipinski definition) is 2. The van der Waals surface area contributed by atoms with Gasteiger partial charge in [-0.1, -0.05) is 0 Å². The van der Waals surface area contributed by atoms with E-state index >= 15 is 0 Å². The third-order valence-electron chi connectivity index (χ3n) is 3.60. The van der Waals surface area contributed by atoms with Crippen LogP contribution in [0.15, 0.2) is 0 Å². The molecule has 0 aromatic rings. The van der Waals surface area contributed by atoms with Crippen molar-refractivity contribution in [2.24, 2.45) is 11.7 Å². The van der Waals surface area contributed by atoms with Crippen LogP contribution in [0, 0.1) is 5.92 Å². The van der Waals surface area contributed by atoms with Gasteiger partial charge in [0.05, 0.1) is 11.7 Å². The molecule has 0 spiro atoms. The van der Waals surface area contributed by atoms with Crippen molar-refractivity contribution in [1.82, 2.24) is 0 Å². The summed E-state index contributed by atoms with van der Waals surface area (Å²) in [7, 11) is 0. The van der Waals surface area contributed by atoms with Crippen LogP contribution >= 0.6 is 0 Å². The molecule has 1 saturated carbocycles. The van der Waals surface area contributed by atoms with Crippen LogP contribution in [0.2, 0.25) is 0 Å². The van der Waals surface area contributed by atoms with Crippen molar-refractivity contribution in [3.8, 4) is 0 Å². The summed E-state index contributed by atoms with van der Waals surface area (Å²) in [5, 5.41) is 0. The summed E-state index contributed by atoms with van der Waals surface area (Å²) in [6.07, 6.45) is 7.96. The minimum Gasteiger partial charge on any atom is -0.372 e. The van der Waals surface area contributed by atoms with Crippen LogP contribution in [0.25, 0.3) is 0 Å². The molecule has 1 aliphatic carbocycles. The van der Waals surface area contributed by atoms with E-state index < -0.39 is 0 Å². The van der Waals surface area contributed by atoms with Gasteiger partial charge in [-0.05, 0) is 58.3 Å². The van der Waals surface area contributed by atoms with Gasteiger partial charge in [0.1, 0.15) is 0 Å². The molecule has 82 valence electrons. The average Bonchev–Trinajstić information content (AvgIpc) is 2.88. The van der Waals surface area contributed by atoms with Crippen LogP contribution in [0.1, 0.15) is 52.4 Å². The highest BCUT2D eigenvalue weighted by Crippen LogP contribution is 2.36. The van der Waals surface area contributed by atoms with E-state index in [2.05, 4.69) is 13.8 Å². The maximum Gasteiger partial charge on any atom is 0.0631 e. The summed E-state index contributed by atoms with van der Waals surface area (Å²) < 4.78 is 5.94. The van der Waals surface area contributed by atoms with Gasteiger partial charge in [-0.25, -0.2) is 0 Å². The van der Waals surface area contributed by atoms with E-state index in [1.54, 1.807) is 0 Å². The summed E-state index contributed by atoms with van der Waals surface area (Å²) >= 11 is 0. The van der Waals surface area contributed by atoms with Crippen LogP contribution in [0.4, 0.5) is 0 Å². The van der Waals surface area contributed by atoms with Crippen molar-refractivity contribution in [1.29, 1.82) is 0 Å². The molecule has 2 heteroatoms. The van der Waals surface area contributed by atoms with E-state index in [1.165, 1.54) is 32.1 Å². The smallest absolute Gasteiger partial charge is 0.0631 e. The van der Waals surface area contributed by atoms with Gasteiger partial charge in [-0.3, -0.25) is 0 Å². The van der Waals surface area contributed by atoms with Gasteiger partial charge in [0.15, 0.2) is 0 Å². The van der Waals surface area contributed by atoms with Gasteiger partial charge in [0.25, 0.3) is 0 Å². The molecule has 0 bridgehead atoms. The number of nitrogens with two attached hydrogens (primary N) is 1.